The number of nitrogens with one attached hydrogen (secondary N) is 1. The third-order valence-corrected chi connectivity index (χ3v) is 3.79. The first-order chi connectivity index (χ1) is 6.68. The van der Waals surface area contributed by atoms with Gasteiger partial charge in [0.05, 0.1) is 5.60 Å². The molecule has 2 rings (SSSR count). The van der Waals surface area contributed by atoms with E-state index in [1.165, 1.54) is 25.7 Å². The van der Waals surface area contributed by atoms with Gasteiger partial charge in [0.2, 0.25) is 0 Å². The number of hydrogen-bond acceptors (Lipinski definition) is 2. The summed E-state index contributed by atoms with van der Waals surface area (Å²) in [6.07, 6.45) is 7.16. The molecule has 0 aromatic rings. The third-order valence-electron chi connectivity index (χ3n) is 3.79. The van der Waals surface area contributed by atoms with E-state index >= 15 is 0 Å². The second-order valence-electron chi connectivity index (χ2n) is 5.48. The summed E-state index contributed by atoms with van der Waals surface area (Å²) in [5, 5.41) is 13.7. The first kappa shape index (κ1) is 10.4. The van der Waals surface area contributed by atoms with Crippen molar-refractivity contribution >= 4 is 0 Å². The molecule has 0 aromatic carbocycles. The van der Waals surface area contributed by atoms with Gasteiger partial charge in [-0.3, -0.25) is 0 Å². The van der Waals surface area contributed by atoms with E-state index in [1.54, 1.807) is 0 Å². The average Bonchev–Trinajstić information content (AvgIpc) is 2.95. The Morgan fingerprint density at radius 2 is 1.86 bits per heavy atom. The molecule has 0 amide bonds. The normalized spacial score (nSPS) is 38.6. The van der Waals surface area contributed by atoms with Crippen molar-refractivity contribution in [2.24, 2.45) is 11.8 Å². The van der Waals surface area contributed by atoms with E-state index in [2.05, 4.69) is 12.2 Å². The van der Waals surface area contributed by atoms with Gasteiger partial charge in [-0.25, -0.2) is 0 Å². The van der Waals surface area contributed by atoms with Gasteiger partial charge in [0.1, 0.15) is 0 Å². The van der Waals surface area contributed by atoms with E-state index in [4.69, 9.17) is 0 Å². The van der Waals surface area contributed by atoms with Crippen molar-refractivity contribution in [3.63, 3.8) is 0 Å². The summed E-state index contributed by atoms with van der Waals surface area (Å²) >= 11 is 0. The Bertz CT molecular complexity index is 181. The van der Waals surface area contributed by atoms with Crippen molar-refractivity contribution < 1.29 is 5.11 Å². The Morgan fingerprint density at radius 1 is 1.21 bits per heavy atom. The summed E-state index contributed by atoms with van der Waals surface area (Å²) in [7, 11) is 0. The first-order valence-electron chi connectivity index (χ1n) is 6.11. The molecule has 0 heterocycles. The smallest absolute Gasteiger partial charge is 0.0771 e. The molecule has 2 N–H and O–H groups in total. The maximum absolute atomic E-state index is 10.3. The summed E-state index contributed by atoms with van der Waals surface area (Å²) < 4.78 is 0. The Labute approximate surface area is 87.1 Å². The van der Waals surface area contributed by atoms with Gasteiger partial charge in [-0.1, -0.05) is 6.92 Å². The highest BCUT2D eigenvalue weighted by Crippen LogP contribution is 2.32. The van der Waals surface area contributed by atoms with E-state index in [0.29, 0.717) is 0 Å². The van der Waals surface area contributed by atoms with Crippen molar-refractivity contribution in [1.82, 2.24) is 5.32 Å². The fourth-order valence-electron chi connectivity index (χ4n) is 2.31. The summed E-state index contributed by atoms with van der Waals surface area (Å²) in [5.74, 6) is 1.74. The Balaban J connectivity index is 1.66. The van der Waals surface area contributed by atoms with Crippen LogP contribution < -0.4 is 5.32 Å². The average molecular weight is 197 g/mol. The molecule has 0 unspecified atom stereocenters. The van der Waals surface area contributed by atoms with Gasteiger partial charge in [-0.15, -0.1) is 0 Å². The molecule has 14 heavy (non-hydrogen) atoms. The van der Waals surface area contributed by atoms with Crippen LogP contribution in [0.1, 0.15) is 45.4 Å². The molecule has 2 aliphatic rings. The van der Waals surface area contributed by atoms with Crippen LogP contribution in [0.3, 0.4) is 0 Å². The van der Waals surface area contributed by atoms with Crippen LogP contribution in [0.2, 0.25) is 0 Å². The van der Waals surface area contributed by atoms with Gasteiger partial charge in [0.25, 0.3) is 0 Å². The van der Waals surface area contributed by atoms with Gasteiger partial charge >= 0.3 is 0 Å². The van der Waals surface area contributed by atoms with E-state index in [-0.39, 0.29) is 5.60 Å². The molecule has 0 aromatic heterocycles. The minimum Gasteiger partial charge on any atom is -0.389 e. The van der Waals surface area contributed by atoms with E-state index in [1.807, 2.05) is 0 Å². The Hall–Kier alpha value is -0.0800. The van der Waals surface area contributed by atoms with Gasteiger partial charge in [0, 0.05) is 6.54 Å². The van der Waals surface area contributed by atoms with Crippen LogP contribution >= 0.6 is 0 Å². The standard InChI is InChI=1S/C12H23NO/c1-10-4-6-12(14,7-5-10)9-13-8-11-2-3-11/h10-11,13-14H,2-9H2,1H3. The van der Waals surface area contributed by atoms with Crippen molar-refractivity contribution in [2.45, 2.75) is 51.0 Å². The van der Waals surface area contributed by atoms with Crippen LogP contribution in [0.4, 0.5) is 0 Å². The molecule has 0 radical (unpaired) electrons. The SMILES string of the molecule is CC1CCC(O)(CNCC2CC2)CC1. The molecule has 2 heteroatoms. The lowest BCUT2D eigenvalue weighted by molar-refractivity contribution is -0.00609. The van der Waals surface area contributed by atoms with Crippen LogP contribution in [-0.2, 0) is 0 Å². The van der Waals surface area contributed by atoms with Crippen molar-refractivity contribution in [1.29, 1.82) is 0 Å². The summed E-state index contributed by atoms with van der Waals surface area (Å²) in [6.45, 7) is 4.23. The lowest BCUT2D eigenvalue weighted by Gasteiger charge is -2.35. The molecule has 0 aliphatic heterocycles. The van der Waals surface area contributed by atoms with Crippen molar-refractivity contribution in [2.75, 3.05) is 13.1 Å². The van der Waals surface area contributed by atoms with Gasteiger partial charge in [0.15, 0.2) is 0 Å². The van der Waals surface area contributed by atoms with E-state index in [0.717, 1.165) is 37.8 Å². The second kappa shape index (κ2) is 4.19. The first-order valence-corrected chi connectivity index (χ1v) is 6.11. The maximum atomic E-state index is 10.3. The molecular formula is C12H23NO. The minimum atomic E-state index is -0.387. The molecule has 0 atom stereocenters. The highest BCUT2D eigenvalue weighted by molar-refractivity contribution is 4.87. The molecule has 82 valence electrons. The molecule has 2 nitrogen and oxygen atoms in total. The predicted molar refractivity (Wildman–Crippen MR) is 58.2 cm³/mol. The molecule has 2 saturated carbocycles. The summed E-state index contributed by atoms with van der Waals surface area (Å²) in [6, 6.07) is 0. The van der Waals surface area contributed by atoms with Crippen LogP contribution in [0.15, 0.2) is 0 Å². The minimum absolute atomic E-state index is 0.387. The quantitative estimate of drug-likeness (QED) is 0.722. The number of aliphatic hydroxyl groups is 1. The molecule has 2 aliphatic carbocycles. The Morgan fingerprint density at radius 3 is 2.43 bits per heavy atom. The molecule has 0 saturated heterocycles. The highest BCUT2D eigenvalue weighted by Gasteiger charge is 2.32. The predicted octanol–water partition coefficient (Wildman–Crippen LogP) is 1.93. The maximum Gasteiger partial charge on any atom is 0.0771 e. The largest absolute Gasteiger partial charge is 0.389 e. The molecule has 0 bridgehead atoms. The van der Waals surface area contributed by atoms with E-state index in [9.17, 15) is 5.11 Å². The zero-order valence-corrected chi connectivity index (χ0v) is 9.26. The van der Waals surface area contributed by atoms with Gasteiger partial charge in [-0.05, 0) is 56.9 Å². The third kappa shape index (κ3) is 2.96. The van der Waals surface area contributed by atoms with Gasteiger partial charge < -0.3 is 10.4 Å². The monoisotopic (exact) mass is 197 g/mol. The van der Waals surface area contributed by atoms with E-state index < -0.39 is 0 Å². The fourth-order valence-corrected chi connectivity index (χ4v) is 2.31. The van der Waals surface area contributed by atoms with Crippen LogP contribution in [0.5, 0.6) is 0 Å². The summed E-state index contributed by atoms with van der Waals surface area (Å²) in [4.78, 5) is 0. The molecule has 2 fully saturated rings. The van der Waals surface area contributed by atoms with Crippen LogP contribution in [0, 0.1) is 11.8 Å². The van der Waals surface area contributed by atoms with Crippen molar-refractivity contribution in [3.8, 4) is 0 Å². The lowest BCUT2D eigenvalue weighted by atomic mass is 9.79. The number of hydrogen-bond donors (Lipinski definition) is 2. The molecule has 0 spiro atoms. The second-order valence-corrected chi connectivity index (χ2v) is 5.48. The van der Waals surface area contributed by atoms with Crippen molar-refractivity contribution in [3.05, 3.63) is 0 Å². The molecular weight excluding hydrogens is 174 g/mol. The Kier molecular flexibility index (Phi) is 3.13. The highest BCUT2D eigenvalue weighted by atomic mass is 16.3. The van der Waals surface area contributed by atoms with Crippen LogP contribution in [-0.4, -0.2) is 23.8 Å². The lowest BCUT2D eigenvalue weighted by Crippen LogP contribution is -2.43. The summed E-state index contributed by atoms with van der Waals surface area (Å²) in [5.41, 5.74) is -0.387. The zero-order valence-electron chi connectivity index (χ0n) is 9.26. The topological polar surface area (TPSA) is 32.3 Å². The van der Waals surface area contributed by atoms with Crippen LogP contribution in [0.25, 0.3) is 0 Å². The zero-order chi connectivity index (χ0) is 10.0. The van der Waals surface area contributed by atoms with Gasteiger partial charge in [-0.2, -0.15) is 0 Å². The fraction of sp³-hybridized carbons (Fsp3) is 1.00. The number of rotatable bonds is 4.